The van der Waals surface area contributed by atoms with Gasteiger partial charge in [-0.1, -0.05) is 11.3 Å². The highest BCUT2D eigenvalue weighted by atomic mass is 35.5. The maximum absolute atomic E-state index is 5.64. The Hall–Kier alpha value is -1.33. The Labute approximate surface area is 102 Å². The summed E-state index contributed by atoms with van der Waals surface area (Å²) in [5.74, 6) is 0.615. The van der Waals surface area contributed by atoms with Crippen LogP contribution in [0.3, 0.4) is 0 Å². The number of nitrogens with zero attached hydrogens (tertiary/aromatic N) is 2. The SMILES string of the molecule is Cc1cc2sc(N)nc2cc1N=C(N)CCl. The summed E-state index contributed by atoms with van der Waals surface area (Å²) in [6.07, 6.45) is 0. The molecule has 0 fully saturated rings. The molecule has 0 amide bonds. The van der Waals surface area contributed by atoms with Crippen LogP contribution in [0.15, 0.2) is 17.1 Å². The van der Waals surface area contributed by atoms with Crippen molar-refractivity contribution in [2.24, 2.45) is 10.7 Å². The molecule has 0 unspecified atom stereocenters. The molecule has 4 nitrogen and oxygen atoms in total. The lowest BCUT2D eigenvalue weighted by Crippen LogP contribution is -2.12. The molecule has 1 aromatic heterocycles. The van der Waals surface area contributed by atoms with Crippen molar-refractivity contribution in [2.75, 3.05) is 11.6 Å². The maximum atomic E-state index is 5.64. The number of hydrogen-bond donors (Lipinski definition) is 2. The van der Waals surface area contributed by atoms with Gasteiger partial charge in [0, 0.05) is 0 Å². The van der Waals surface area contributed by atoms with Crippen LogP contribution in [0, 0.1) is 6.92 Å². The van der Waals surface area contributed by atoms with Gasteiger partial charge < -0.3 is 11.5 Å². The van der Waals surface area contributed by atoms with Crippen LogP contribution >= 0.6 is 22.9 Å². The Morgan fingerprint density at radius 1 is 1.56 bits per heavy atom. The molecule has 0 saturated heterocycles. The van der Waals surface area contributed by atoms with Gasteiger partial charge in [-0.2, -0.15) is 0 Å². The van der Waals surface area contributed by atoms with Crippen molar-refractivity contribution in [2.45, 2.75) is 6.92 Å². The molecule has 1 heterocycles. The fourth-order valence-corrected chi connectivity index (χ4v) is 2.26. The molecule has 0 aliphatic heterocycles. The zero-order chi connectivity index (χ0) is 11.7. The van der Waals surface area contributed by atoms with E-state index in [0.29, 0.717) is 11.0 Å². The Morgan fingerprint density at radius 2 is 2.31 bits per heavy atom. The predicted octanol–water partition coefficient (Wildman–Crippen LogP) is 2.41. The highest BCUT2D eigenvalue weighted by molar-refractivity contribution is 7.22. The van der Waals surface area contributed by atoms with Gasteiger partial charge in [0.05, 0.1) is 21.8 Å². The van der Waals surface area contributed by atoms with Crippen molar-refractivity contribution < 1.29 is 0 Å². The molecule has 84 valence electrons. The van der Waals surface area contributed by atoms with Crippen molar-refractivity contribution in [3.63, 3.8) is 0 Å². The number of thiazole rings is 1. The lowest BCUT2D eigenvalue weighted by molar-refractivity contribution is 1.38. The standard InChI is InChI=1S/C10H11ClN4S/c1-5-2-8-7(15-10(13)16-8)3-6(5)14-9(12)4-11/h2-3H,4H2,1H3,(H2,12,14)(H2,13,15). The minimum atomic E-state index is 0.219. The van der Waals surface area contributed by atoms with E-state index in [4.69, 9.17) is 23.1 Å². The molecule has 2 aromatic rings. The minimum absolute atomic E-state index is 0.219. The number of aryl methyl sites for hydroxylation is 1. The molecular weight excluding hydrogens is 244 g/mol. The molecule has 2 rings (SSSR count). The number of nitrogen functional groups attached to an aromatic ring is 1. The van der Waals surface area contributed by atoms with E-state index < -0.39 is 0 Å². The summed E-state index contributed by atoms with van der Waals surface area (Å²) < 4.78 is 1.05. The monoisotopic (exact) mass is 254 g/mol. The molecule has 0 radical (unpaired) electrons. The van der Waals surface area contributed by atoms with Gasteiger partial charge in [0.15, 0.2) is 5.13 Å². The number of amidine groups is 1. The van der Waals surface area contributed by atoms with E-state index in [1.807, 2.05) is 19.1 Å². The van der Waals surface area contributed by atoms with Gasteiger partial charge in [-0.25, -0.2) is 9.98 Å². The van der Waals surface area contributed by atoms with E-state index >= 15 is 0 Å². The Balaban J connectivity index is 2.57. The summed E-state index contributed by atoms with van der Waals surface area (Å²) in [5.41, 5.74) is 13.9. The number of halogens is 1. The topological polar surface area (TPSA) is 77.3 Å². The van der Waals surface area contributed by atoms with Crippen molar-refractivity contribution in [1.29, 1.82) is 0 Å². The lowest BCUT2D eigenvalue weighted by atomic mass is 10.2. The summed E-state index contributed by atoms with van der Waals surface area (Å²) in [7, 11) is 0. The van der Waals surface area contributed by atoms with E-state index in [1.165, 1.54) is 11.3 Å². The van der Waals surface area contributed by atoms with Gasteiger partial charge >= 0.3 is 0 Å². The smallest absolute Gasteiger partial charge is 0.181 e. The van der Waals surface area contributed by atoms with Gasteiger partial charge in [0.1, 0.15) is 5.84 Å². The van der Waals surface area contributed by atoms with Crippen LogP contribution in [-0.4, -0.2) is 16.7 Å². The summed E-state index contributed by atoms with van der Waals surface area (Å²) in [5, 5.41) is 0.556. The molecule has 0 bridgehead atoms. The average molecular weight is 255 g/mol. The maximum Gasteiger partial charge on any atom is 0.181 e. The number of anilines is 1. The third kappa shape index (κ3) is 2.10. The second-order valence-electron chi connectivity index (χ2n) is 3.40. The molecule has 0 atom stereocenters. The van der Waals surface area contributed by atoms with Crippen molar-refractivity contribution in [3.05, 3.63) is 17.7 Å². The molecule has 6 heteroatoms. The number of hydrogen-bond acceptors (Lipinski definition) is 4. The summed E-state index contributed by atoms with van der Waals surface area (Å²) in [6.45, 7) is 1.97. The number of aliphatic imine (C=N–C) groups is 1. The van der Waals surface area contributed by atoms with Crippen LogP contribution < -0.4 is 11.5 Å². The van der Waals surface area contributed by atoms with Crippen LogP contribution in [0.5, 0.6) is 0 Å². The van der Waals surface area contributed by atoms with Gasteiger partial charge in [0.2, 0.25) is 0 Å². The number of benzene rings is 1. The van der Waals surface area contributed by atoms with Crippen LogP contribution in [0.25, 0.3) is 10.2 Å². The highest BCUT2D eigenvalue weighted by Crippen LogP contribution is 2.30. The van der Waals surface area contributed by atoms with Gasteiger partial charge in [-0.3, -0.25) is 0 Å². The first-order chi connectivity index (χ1) is 7.60. The number of rotatable bonds is 2. The molecule has 4 N–H and O–H groups in total. The molecule has 1 aromatic carbocycles. The van der Waals surface area contributed by atoms with Crippen LogP contribution in [0.1, 0.15) is 5.56 Å². The number of nitrogens with two attached hydrogens (primary N) is 2. The Morgan fingerprint density at radius 3 is 3.00 bits per heavy atom. The first kappa shape index (κ1) is 11.2. The number of aromatic nitrogens is 1. The minimum Gasteiger partial charge on any atom is -0.386 e. The average Bonchev–Trinajstić information content (AvgIpc) is 2.58. The largest absolute Gasteiger partial charge is 0.386 e. The first-order valence-electron chi connectivity index (χ1n) is 4.66. The van der Waals surface area contributed by atoms with Crippen LogP contribution in [0.2, 0.25) is 0 Å². The van der Waals surface area contributed by atoms with Gasteiger partial charge in [0.25, 0.3) is 0 Å². The summed E-state index contributed by atoms with van der Waals surface area (Å²) >= 11 is 7.05. The third-order valence-electron chi connectivity index (χ3n) is 2.12. The van der Waals surface area contributed by atoms with Gasteiger partial charge in [-0.05, 0) is 24.6 Å². The molecule has 0 saturated carbocycles. The molecular formula is C10H11ClN4S. The van der Waals surface area contributed by atoms with Crippen molar-refractivity contribution in [3.8, 4) is 0 Å². The Bertz CT molecular complexity index is 561. The Kier molecular flexibility index (Phi) is 2.98. The van der Waals surface area contributed by atoms with Crippen LogP contribution in [0.4, 0.5) is 10.8 Å². The quantitative estimate of drug-likeness (QED) is 0.491. The zero-order valence-electron chi connectivity index (χ0n) is 8.70. The summed E-state index contributed by atoms with van der Waals surface area (Å²) in [6, 6.07) is 3.88. The molecule has 0 spiro atoms. The van der Waals surface area contributed by atoms with Crippen LogP contribution in [-0.2, 0) is 0 Å². The van der Waals surface area contributed by atoms with Crippen molar-refractivity contribution >= 4 is 49.8 Å². The predicted molar refractivity (Wildman–Crippen MR) is 70.8 cm³/mol. The lowest BCUT2D eigenvalue weighted by Gasteiger charge is -2.01. The summed E-state index contributed by atoms with van der Waals surface area (Å²) in [4.78, 5) is 8.42. The normalized spacial score (nSPS) is 12.2. The fourth-order valence-electron chi connectivity index (χ4n) is 1.39. The second-order valence-corrected chi connectivity index (χ2v) is 4.72. The number of fused-ring (bicyclic) bond motifs is 1. The second kappa shape index (κ2) is 4.27. The molecule has 0 aliphatic carbocycles. The van der Waals surface area contributed by atoms with Crippen molar-refractivity contribution in [1.82, 2.24) is 4.98 Å². The van der Waals surface area contributed by atoms with Gasteiger partial charge in [-0.15, -0.1) is 11.6 Å². The molecule has 16 heavy (non-hydrogen) atoms. The van der Waals surface area contributed by atoms with E-state index in [-0.39, 0.29) is 5.88 Å². The van der Waals surface area contributed by atoms with E-state index in [0.717, 1.165) is 21.5 Å². The van der Waals surface area contributed by atoms with E-state index in [1.54, 1.807) is 0 Å². The van der Waals surface area contributed by atoms with E-state index in [2.05, 4.69) is 9.98 Å². The highest BCUT2D eigenvalue weighted by Gasteiger charge is 2.05. The first-order valence-corrected chi connectivity index (χ1v) is 6.01. The number of alkyl halides is 1. The molecule has 0 aliphatic rings. The third-order valence-corrected chi connectivity index (χ3v) is 3.24. The van der Waals surface area contributed by atoms with E-state index in [9.17, 15) is 0 Å². The zero-order valence-corrected chi connectivity index (χ0v) is 10.3. The fraction of sp³-hybridized carbons (Fsp3) is 0.200.